The maximum atomic E-state index is 11.8. The minimum Gasteiger partial charge on any atom is -0.338 e. The zero-order chi connectivity index (χ0) is 13.5. The summed E-state index contributed by atoms with van der Waals surface area (Å²) in [5.41, 5.74) is 1.17. The molecule has 2 aromatic heterocycles. The molecule has 7 nitrogen and oxygen atoms in total. The number of rotatable bonds is 1. The predicted molar refractivity (Wildman–Crippen MR) is 74.2 cm³/mol. The number of anilines is 1. The van der Waals surface area contributed by atoms with Crippen LogP contribution in [0.2, 0.25) is 0 Å². The minimum absolute atomic E-state index is 0.231. The van der Waals surface area contributed by atoms with Crippen molar-refractivity contribution in [3.63, 3.8) is 0 Å². The Hall–Kier alpha value is -3.09. The largest absolute Gasteiger partial charge is 0.338 e. The maximum absolute atomic E-state index is 11.8. The summed E-state index contributed by atoms with van der Waals surface area (Å²) in [7, 11) is 0. The molecule has 0 aliphatic carbocycles. The van der Waals surface area contributed by atoms with Crippen LogP contribution in [0.15, 0.2) is 46.6 Å². The fraction of sp³-hybridized carbons (Fsp3) is 0. The van der Waals surface area contributed by atoms with Crippen LogP contribution in [0, 0.1) is 0 Å². The molecular weight excluding hydrogens is 256 g/mol. The van der Waals surface area contributed by atoms with Crippen molar-refractivity contribution in [2.75, 3.05) is 5.32 Å². The lowest BCUT2D eigenvalue weighted by Crippen LogP contribution is -2.20. The van der Waals surface area contributed by atoms with Gasteiger partial charge >= 0.3 is 0 Å². The first kappa shape index (κ1) is 10.8. The van der Waals surface area contributed by atoms with E-state index in [2.05, 4.69) is 30.5 Å². The molecular formula is C13H8N6O. The van der Waals surface area contributed by atoms with E-state index in [1.807, 2.05) is 12.1 Å². The summed E-state index contributed by atoms with van der Waals surface area (Å²) in [6.45, 7) is 0. The van der Waals surface area contributed by atoms with Gasteiger partial charge in [-0.05, 0) is 12.1 Å². The molecule has 3 aromatic rings. The first-order valence-electron chi connectivity index (χ1n) is 5.96. The van der Waals surface area contributed by atoms with Gasteiger partial charge in [0.15, 0.2) is 11.7 Å². The van der Waals surface area contributed by atoms with Crippen LogP contribution in [-0.2, 0) is 0 Å². The van der Waals surface area contributed by atoms with Gasteiger partial charge in [0.2, 0.25) is 0 Å². The summed E-state index contributed by atoms with van der Waals surface area (Å²) in [6.07, 6.45) is 4.80. The fourth-order valence-electron chi connectivity index (χ4n) is 2.19. The van der Waals surface area contributed by atoms with Crippen LogP contribution in [0.4, 0.5) is 11.5 Å². The molecule has 0 bridgehead atoms. The highest BCUT2D eigenvalue weighted by Crippen LogP contribution is 2.32. The van der Waals surface area contributed by atoms with Gasteiger partial charge in [0.1, 0.15) is 5.69 Å². The monoisotopic (exact) mass is 264 g/mol. The Balaban J connectivity index is 2.00. The lowest BCUT2D eigenvalue weighted by molar-refractivity contribution is 1.00. The molecule has 0 radical (unpaired) electrons. The number of aliphatic imine (C=N–C) groups is 1. The van der Waals surface area contributed by atoms with E-state index in [1.165, 1.54) is 0 Å². The van der Waals surface area contributed by atoms with Gasteiger partial charge in [0.05, 0.1) is 22.7 Å². The van der Waals surface area contributed by atoms with Gasteiger partial charge in [-0.25, -0.2) is 15.1 Å². The molecule has 0 unspecified atom stereocenters. The SMILES string of the molecule is O=c1[nH]nc2c3c(cccc13)NC(c1cnccn1)=N2. The number of nitrogens with one attached hydrogen (secondary N) is 2. The van der Waals surface area contributed by atoms with E-state index in [4.69, 9.17) is 0 Å². The highest BCUT2D eigenvalue weighted by atomic mass is 16.1. The van der Waals surface area contributed by atoms with Crippen LogP contribution < -0.4 is 10.9 Å². The fourth-order valence-corrected chi connectivity index (χ4v) is 2.19. The molecule has 0 saturated carbocycles. The van der Waals surface area contributed by atoms with Crippen molar-refractivity contribution in [3.8, 4) is 0 Å². The number of nitrogens with zero attached hydrogens (tertiary/aromatic N) is 4. The van der Waals surface area contributed by atoms with Gasteiger partial charge in [0, 0.05) is 12.4 Å². The number of amidine groups is 1. The predicted octanol–water partition coefficient (Wildman–Crippen LogP) is 1.22. The molecule has 7 heteroatoms. The van der Waals surface area contributed by atoms with Crippen molar-refractivity contribution >= 4 is 28.1 Å². The third-order valence-electron chi connectivity index (χ3n) is 3.07. The summed E-state index contributed by atoms with van der Waals surface area (Å²) in [6, 6.07) is 5.43. The van der Waals surface area contributed by atoms with E-state index in [9.17, 15) is 4.79 Å². The maximum Gasteiger partial charge on any atom is 0.272 e. The van der Waals surface area contributed by atoms with E-state index in [1.54, 1.807) is 24.7 Å². The van der Waals surface area contributed by atoms with Crippen molar-refractivity contribution in [1.82, 2.24) is 20.2 Å². The number of hydrogen-bond acceptors (Lipinski definition) is 6. The highest BCUT2D eigenvalue weighted by Gasteiger charge is 2.18. The third kappa shape index (κ3) is 1.50. The van der Waals surface area contributed by atoms with E-state index >= 15 is 0 Å². The smallest absolute Gasteiger partial charge is 0.272 e. The number of H-pyrrole nitrogens is 1. The van der Waals surface area contributed by atoms with Gasteiger partial charge in [0.25, 0.3) is 5.56 Å². The topological polar surface area (TPSA) is 95.9 Å². The summed E-state index contributed by atoms with van der Waals surface area (Å²) in [5.74, 6) is 1.02. The number of benzene rings is 1. The summed E-state index contributed by atoms with van der Waals surface area (Å²) < 4.78 is 0. The van der Waals surface area contributed by atoms with E-state index in [0.29, 0.717) is 28.1 Å². The molecule has 4 rings (SSSR count). The first-order chi connectivity index (χ1) is 9.83. The second-order valence-electron chi connectivity index (χ2n) is 4.28. The Bertz CT molecular complexity index is 900. The second kappa shape index (κ2) is 3.95. The van der Waals surface area contributed by atoms with Crippen molar-refractivity contribution < 1.29 is 0 Å². The van der Waals surface area contributed by atoms with Crippen LogP contribution in [-0.4, -0.2) is 26.0 Å². The average molecular weight is 264 g/mol. The molecule has 0 spiro atoms. The van der Waals surface area contributed by atoms with Gasteiger partial charge < -0.3 is 5.32 Å². The Kier molecular flexibility index (Phi) is 2.13. The van der Waals surface area contributed by atoms with Crippen molar-refractivity contribution in [1.29, 1.82) is 0 Å². The van der Waals surface area contributed by atoms with E-state index in [-0.39, 0.29) is 5.56 Å². The molecule has 96 valence electrons. The third-order valence-corrected chi connectivity index (χ3v) is 3.07. The van der Waals surface area contributed by atoms with Gasteiger partial charge in [-0.3, -0.25) is 9.78 Å². The molecule has 2 N–H and O–H groups in total. The zero-order valence-corrected chi connectivity index (χ0v) is 10.2. The minimum atomic E-state index is -0.231. The standard InChI is InChI=1S/C13H8N6O/c20-13-7-2-1-3-8-10(7)12(18-19-13)17-11(16-8)9-6-14-4-5-15-9/h1-6H,(H,19,20)(H,16,17,18). The van der Waals surface area contributed by atoms with Crippen molar-refractivity contribution in [3.05, 3.63) is 52.8 Å². The number of aromatic amines is 1. The van der Waals surface area contributed by atoms with E-state index in [0.717, 1.165) is 5.69 Å². The lowest BCUT2D eigenvalue weighted by atomic mass is 10.1. The average Bonchev–Trinajstić information content (AvgIpc) is 2.51. The van der Waals surface area contributed by atoms with Crippen molar-refractivity contribution in [2.45, 2.75) is 0 Å². The molecule has 0 amide bonds. The Morgan fingerprint density at radius 3 is 2.95 bits per heavy atom. The first-order valence-corrected chi connectivity index (χ1v) is 5.96. The molecule has 1 aliphatic rings. The molecule has 20 heavy (non-hydrogen) atoms. The van der Waals surface area contributed by atoms with Crippen LogP contribution in [0.1, 0.15) is 5.69 Å². The second-order valence-corrected chi connectivity index (χ2v) is 4.28. The van der Waals surface area contributed by atoms with Crippen LogP contribution in [0.5, 0.6) is 0 Å². The number of aromatic nitrogens is 4. The van der Waals surface area contributed by atoms with Gasteiger partial charge in [-0.1, -0.05) is 6.07 Å². The van der Waals surface area contributed by atoms with Crippen molar-refractivity contribution in [2.24, 2.45) is 4.99 Å². The van der Waals surface area contributed by atoms with E-state index < -0.39 is 0 Å². The highest BCUT2D eigenvalue weighted by molar-refractivity contribution is 6.17. The van der Waals surface area contributed by atoms with Gasteiger partial charge in [-0.15, -0.1) is 0 Å². The molecule has 1 aromatic carbocycles. The zero-order valence-electron chi connectivity index (χ0n) is 10.2. The summed E-state index contributed by atoms with van der Waals surface area (Å²) >= 11 is 0. The molecule has 3 heterocycles. The Labute approximate surface area is 112 Å². The molecule has 0 saturated heterocycles. The van der Waals surface area contributed by atoms with Gasteiger partial charge in [-0.2, -0.15) is 5.10 Å². The van der Waals surface area contributed by atoms with Crippen LogP contribution in [0.3, 0.4) is 0 Å². The summed E-state index contributed by atoms with van der Waals surface area (Å²) in [4.78, 5) is 24.4. The Morgan fingerprint density at radius 1 is 1.15 bits per heavy atom. The molecule has 0 fully saturated rings. The van der Waals surface area contributed by atoms with Crippen LogP contribution >= 0.6 is 0 Å². The normalized spacial score (nSPS) is 12.9. The molecule has 0 atom stereocenters. The quantitative estimate of drug-likeness (QED) is 0.688. The summed E-state index contributed by atoms with van der Waals surface area (Å²) in [5, 5.41) is 10.9. The number of hydrogen-bond donors (Lipinski definition) is 2. The lowest BCUT2D eigenvalue weighted by Gasteiger charge is -2.16. The Morgan fingerprint density at radius 2 is 2.10 bits per heavy atom. The van der Waals surface area contributed by atoms with Crippen LogP contribution in [0.25, 0.3) is 10.8 Å². The molecule has 1 aliphatic heterocycles.